The lowest BCUT2D eigenvalue weighted by molar-refractivity contribution is -0.149. The minimum atomic E-state index is -0.974. The third-order valence-corrected chi connectivity index (χ3v) is 4.04. The van der Waals surface area contributed by atoms with E-state index in [0.29, 0.717) is 32.2 Å². The number of aryl methyl sites for hydroxylation is 1. The average Bonchev–Trinajstić information content (AvgIpc) is 2.96. The van der Waals surface area contributed by atoms with Crippen molar-refractivity contribution >= 4 is 5.91 Å². The smallest absolute Gasteiger partial charge is 0.266 e. The van der Waals surface area contributed by atoms with Gasteiger partial charge in [-0.05, 0) is 32.9 Å². The number of hydrogen-bond acceptors (Lipinski definition) is 4. The summed E-state index contributed by atoms with van der Waals surface area (Å²) in [7, 11) is 0. The van der Waals surface area contributed by atoms with Crippen LogP contribution in [0.2, 0.25) is 0 Å². The summed E-state index contributed by atoms with van der Waals surface area (Å²) in [5.74, 6) is 0.435. The minimum absolute atomic E-state index is 0.0422. The van der Waals surface area contributed by atoms with Crippen LogP contribution in [0.4, 0.5) is 0 Å². The number of para-hydroxylation sites is 1. The molecule has 1 aliphatic heterocycles. The maximum Gasteiger partial charge on any atom is 0.266 e. The van der Waals surface area contributed by atoms with E-state index in [2.05, 4.69) is 5.10 Å². The van der Waals surface area contributed by atoms with Crippen LogP contribution in [0.1, 0.15) is 19.4 Å². The maximum atomic E-state index is 12.7. The summed E-state index contributed by atoms with van der Waals surface area (Å²) in [4.78, 5) is 14.5. The van der Waals surface area contributed by atoms with Gasteiger partial charge in [-0.15, -0.1) is 5.10 Å². The number of nitrogens with zero attached hydrogens (tertiary/aromatic N) is 3. The van der Waals surface area contributed by atoms with E-state index >= 15 is 0 Å². The molecule has 0 aliphatic carbocycles. The van der Waals surface area contributed by atoms with Gasteiger partial charge in [0.2, 0.25) is 5.88 Å². The second kappa shape index (κ2) is 6.65. The lowest BCUT2D eigenvalue weighted by atomic mass is 10.1. The molecule has 128 valence electrons. The molecular weight excluding hydrogens is 306 g/mol. The van der Waals surface area contributed by atoms with Crippen LogP contribution in [0.15, 0.2) is 36.5 Å². The fourth-order valence-electron chi connectivity index (χ4n) is 2.69. The zero-order chi connectivity index (χ0) is 17.2. The van der Waals surface area contributed by atoms with E-state index in [-0.39, 0.29) is 5.91 Å². The lowest BCUT2D eigenvalue weighted by Crippen LogP contribution is -2.52. The highest BCUT2D eigenvalue weighted by atomic mass is 16.5. The van der Waals surface area contributed by atoms with Crippen LogP contribution in [-0.2, 0) is 9.53 Å². The summed E-state index contributed by atoms with van der Waals surface area (Å²) in [6.45, 7) is 7.84. The largest absolute Gasteiger partial charge is 0.460 e. The fraction of sp³-hybridized carbons (Fsp3) is 0.444. The summed E-state index contributed by atoms with van der Waals surface area (Å²) in [5, 5.41) is 4.49. The van der Waals surface area contributed by atoms with Gasteiger partial charge in [0.1, 0.15) is 0 Å². The number of aromatic nitrogens is 2. The predicted octanol–water partition coefficient (Wildman–Crippen LogP) is 2.20. The molecule has 2 heterocycles. The molecule has 0 atom stereocenters. The zero-order valence-electron chi connectivity index (χ0n) is 14.4. The van der Waals surface area contributed by atoms with Gasteiger partial charge in [-0.25, -0.2) is 4.68 Å². The van der Waals surface area contributed by atoms with E-state index in [4.69, 9.17) is 9.47 Å². The Morgan fingerprint density at radius 3 is 2.54 bits per heavy atom. The molecule has 1 aliphatic rings. The molecule has 6 nitrogen and oxygen atoms in total. The van der Waals surface area contributed by atoms with Crippen LogP contribution in [0, 0.1) is 6.92 Å². The van der Waals surface area contributed by atoms with Gasteiger partial charge in [0.05, 0.1) is 18.9 Å². The Labute approximate surface area is 142 Å². The number of ether oxygens (including phenoxy) is 2. The van der Waals surface area contributed by atoms with Crippen molar-refractivity contribution in [3.8, 4) is 11.6 Å². The summed E-state index contributed by atoms with van der Waals surface area (Å²) in [6.07, 6.45) is 1.90. The van der Waals surface area contributed by atoms with E-state index in [9.17, 15) is 4.79 Å². The van der Waals surface area contributed by atoms with Crippen molar-refractivity contribution in [1.29, 1.82) is 0 Å². The number of morpholine rings is 1. The molecule has 0 N–H and O–H groups in total. The molecule has 24 heavy (non-hydrogen) atoms. The van der Waals surface area contributed by atoms with Crippen molar-refractivity contribution in [2.24, 2.45) is 0 Å². The molecule has 0 bridgehead atoms. The standard InChI is InChI=1S/C18H23N3O3/c1-14-13-21(15-7-5-4-6-8-15)19-16(14)24-18(2,3)17(22)20-9-11-23-12-10-20/h4-8,13H,9-12H2,1-3H3. The van der Waals surface area contributed by atoms with Crippen LogP contribution in [-0.4, -0.2) is 52.5 Å². The maximum absolute atomic E-state index is 12.7. The Morgan fingerprint density at radius 1 is 1.21 bits per heavy atom. The van der Waals surface area contributed by atoms with Crippen LogP contribution >= 0.6 is 0 Å². The first-order valence-electron chi connectivity index (χ1n) is 8.15. The van der Waals surface area contributed by atoms with Crippen molar-refractivity contribution in [3.05, 3.63) is 42.1 Å². The number of benzene rings is 1. The highest BCUT2D eigenvalue weighted by Gasteiger charge is 2.36. The molecule has 3 rings (SSSR count). The quantitative estimate of drug-likeness (QED) is 0.863. The van der Waals surface area contributed by atoms with E-state index in [1.54, 1.807) is 23.4 Å². The lowest BCUT2D eigenvalue weighted by Gasteiger charge is -2.34. The topological polar surface area (TPSA) is 56.6 Å². The molecule has 1 aromatic heterocycles. The van der Waals surface area contributed by atoms with Crippen molar-refractivity contribution in [1.82, 2.24) is 14.7 Å². The van der Waals surface area contributed by atoms with Crippen LogP contribution in [0.5, 0.6) is 5.88 Å². The molecule has 1 fully saturated rings. The van der Waals surface area contributed by atoms with E-state index < -0.39 is 5.60 Å². The summed E-state index contributed by atoms with van der Waals surface area (Å²) in [5.41, 5.74) is 0.868. The highest BCUT2D eigenvalue weighted by Crippen LogP contribution is 2.24. The molecule has 0 radical (unpaired) electrons. The van der Waals surface area contributed by atoms with Gasteiger partial charge in [0.15, 0.2) is 5.60 Å². The highest BCUT2D eigenvalue weighted by molar-refractivity contribution is 5.84. The molecule has 0 saturated carbocycles. The Balaban J connectivity index is 1.77. The second-order valence-corrected chi connectivity index (χ2v) is 6.41. The van der Waals surface area contributed by atoms with Crippen LogP contribution in [0.3, 0.4) is 0 Å². The van der Waals surface area contributed by atoms with Gasteiger partial charge >= 0.3 is 0 Å². The first kappa shape index (κ1) is 16.5. The molecule has 0 spiro atoms. The molecule has 1 saturated heterocycles. The van der Waals surface area contributed by atoms with Crippen LogP contribution < -0.4 is 4.74 Å². The first-order chi connectivity index (χ1) is 11.5. The third-order valence-electron chi connectivity index (χ3n) is 4.04. The number of carbonyl (C=O) groups excluding carboxylic acids is 1. The minimum Gasteiger partial charge on any atom is -0.460 e. The summed E-state index contributed by atoms with van der Waals surface area (Å²) < 4.78 is 13.1. The van der Waals surface area contributed by atoms with Gasteiger partial charge in [-0.3, -0.25) is 4.79 Å². The molecule has 1 aromatic carbocycles. The van der Waals surface area contributed by atoms with Gasteiger partial charge in [0, 0.05) is 24.8 Å². The Hall–Kier alpha value is -2.34. The number of amides is 1. The molecule has 2 aromatic rings. The number of hydrogen-bond donors (Lipinski definition) is 0. The van der Waals surface area contributed by atoms with Crippen molar-refractivity contribution in [3.63, 3.8) is 0 Å². The van der Waals surface area contributed by atoms with Crippen LogP contribution in [0.25, 0.3) is 5.69 Å². The van der Waals surface area contributed by atoms with Crippen molar-refractivity contribution in [2.75, 3.05) is 26.3 Å². The molecule has 6 heteroatoms. The van der Waals surface area contributed by atoms with Gasteiger partial charge in [-0.1, -0.05) is 18.2 Å². The monoisotopic (exact) mass is 329 g/mol. The van der Waals surface area contributed by atoms with Crippen molar-refractivity contribution < 1.29 is 14.3 Å². The molecule has 0 unspecified atom stereocenters. The van der Waals surface area contributed by atoms with Crippen molar-refractivity contribution in [2.45, 2.75) is 26.4 Å². The third kappa shape index (κ3) is 3.43. The summed E-state index contributed by atoms with van der Waals surface area (Å²) in [6, 6.07) is 9.82. The van der Waals surface area contributed by atoms with Gasteiger partial charge in [-0.2, -0.15) is 0 Å². The average molecular weight is 329 g/mol. The molecule has 1 amide bonds. The second-order valence-electron chi connectivity index (χ2n) is 6.41. The summed E-state index contributed by atoms with van der Waals surface area (Å²) >= 11 is 0. The Kier molecular flexibility index (Phi) is 4.57. The predicted molar refractivity (Wildman–Crippen MR) is 90.4 cm³/mol. The number of carbonyl (C=O) groups is 1. The first-order valence-corrected chi connectivity index (χ1v) is 8.15. The van der Waals surface area contributed by atoms with Gasteiger partial charge in [0.25, 0.3) is 5.91 Å². The number of rotatable bonds is 4. The molecular formula is C18H23N3O3. The van der Waals surface area contributed by atoms with E-state index in [0.717, 1.165) is 11.3 Å². The van der Waals surface area contributed by atoms with Gasteiger partial charge < -0.3 is 14.4 Å². The Bertz CT molecular complexity index is 704. The van der Waals surface area contributed by atoms with E-state index in [1.165, 1.54) is 0 Å². The Morgan fingerprint density at radius 2 is 1.88 bits per heavy atom. The van der Waals surface area contributed by atoms with E-state index in [1.807, 2.05) is 43.5 Å². The normalized spacial score (nSPS) is 15.4. The zero-order valence-corrected chi connectivity index (χ0v) is 14.4. The SMILES string of the molecule is Cc1cn(-c2ccccc2)nc1OC(C)(C)C(=O)N1CCOCC1. The fourth-order valence-corrected chi connectivity index (χ4v) is 2.69.